The first-order chi connectivity index (χ1) is 18.9. The fourth-order valence-electron chi connectivity index (χ4n) is 5.31. The number of aromatic nitrogens is 5. The van der Waals surface area contributed by atoms with Gasteiger partial charge < -0.3 is 4.74 Å². The lowest BCUT2D eigenvalue weighted by Crippen LogP contribution is -2.30. The summed E-state index contributed by atoms with van der Waals surface area (Å²) in [4.78, 5) is 17.0. The quantitative estimate of drug-likeness (QED) is 0.281. The van der Waals surface area contributed by atoms with Crippen LogP contribution in [-0.2, 0) is 16.6 Å². The maximum atomic E-state index is 12.9. The number of carbonyl (C=O) groups excluding carboxylic acids is 1. The summed E-state index contributed by atoms with van der Waals surface area (Å²) in [6.07, 6.45) is 13.6. The molecule has 0 radical (unpaired) electrons. The molecule has 3 aromatic heterocycles. The maximum Gasteiger partial charge on any atom is 0.268 e. The summed E-state index contributed by atoms with van der Waals surface area (Å²) in [5.74, 6) is 0.676. The lowest BCUT2D eigenvalue weighted by atomic mass is 9.89. The summed E-state index contributed by atoms with van der Waals surface area (Å²) in [6.45, 7) is 8.08. The lowest BCUT2D eigenvalue weighted by molar-refractivity contribution is 0.0981. The SMILES string of the molecule is CC1(C)CCC(CCCn2cc(S(=O)(=O)NC(=O)c3ccc(-n4ccc(OCCC5(C)CC5)n4)nc3Cl)cn2)C1. The number of halogens is 1. The number of amides is 1. The Kier molecular flexibility index (Phi) is 7.98. The molecule has 0 aliphatic heterocycles. The van der Waals surface area contributed by atoms with Gasteiger partial charge in [0.1, 0.15) is 10.0 Å². The summed E-state index contributed by atoms with van der Waals surface area (Å²) < 4.78 is 36.6. The zero-order chi connectivity index (χ0) is 28.5. The van der Waals surface area contributed by atoms with E-state index < -0.39 is 15.9 Å². The van der Waals surface area contributed by atoms with E-state index in [4.69, 9.17) is 16.3 Å². The predicted molar refractivity (Wildman–Crippen MR) is 151 cm³/mol. The first kappa shape index (κ1) is 28.6. The van der Waals surface area contributed by atoms with Gasteiger partial charge in [0.2, 0.25) is 5.88 Å². The van der Waals surface area contributed by atoms with Crippen molar-refractivity contribution in [3.05, 3.63) is 47.5 Å². The minimum atomic E-state index is -4.14. The molecule has 0 spiro atoms. The molecule has 5 rings (SSSR count). The average Bonchev–Trinajstić information content (AvgIpc) is 3.27. The molecule has 2 aliphatic rings. The number of ether oxygens (including phenoxy) is 1. The van der Waals surface area contributed by atoms with Crippen LogP contribution in [0, 0.1) is 16.7 Å². The molecule has 3 aromatic rings. The summed E-state index contributed by atoms with van der Waals surface area (Å²) in [5, 5.41) is 8.39. The monoisotopic (exact) mass is 588 g/mol. The number of sulfonamides is 1. The Bertz CT molecular complexity index is 1480. The smallest absolute Gasteiger partial charge is 0.268 e. The molecule has 1 atom stereocenters. The Labute approximate surface area is 240 Å². The number of rotatable bonds is 12. The number of pyridine rings is 1. The highest BCUT2D eigenvalue weighted by atomic mass is 35.5. The van der Waals surface area contributed by atoms with Crippen LogP contribution in [0.5, 0.6) is 5.88 Å². The highest BCUT2D eigenvalue weighted by molar-refractivity contribution is 7.90. The zero-order valence-corrected chi connectivity index (χ0v) is 24.8. The Morgan fingerprint density at radius 2 is 2.00 bits per heavy atom. The van der Waals surface area contributed by atoms with Crippen molar-refractivity contribution in [1.29, 1.82) is 0 Å². The van der Waals surface area contributed by atoms with E-state index in [0.29, 0.717) is 41.6 Å². The molecule has 216 valence electrons. The van der Waals surface area contributed by atoms with Gasteiger partial charge >= 0.3 is 0 Å². The van der Waals surface area contributed by atoms with Crippen molar-refractivity contribution in [3.63, 3.8) is 0 Å². The van der Waals surface area contributed by atoms with E-state index in [1.165, 1.54) is 55.2 Å². The second-order valence-electron chi connectivity index (χ2n) is 12.3. The molecule has 0 bridgehead atoms. The number of aryl methyl sites for hydroxylation is 1. The molecular weight excluding hydrogens is 552 g/mol. The minimum absolute atomic E-state index is 0.0674. The number of nitrogens with zero attached hydrogens (tertiary/aromatic N) is 5. The van der Waals surface area contributed by atoms with Gasteiger partial charge in [-0.05, 0) is 80.2 Å². The van der Waals surface area contributed by atoms with Crippen LogP contribution < -0.4 is 9.46 Å². The van der Waals surface area contributed by atoms with E-state index in [2.05, 4.69) is 40.7 Å². The topological polar surface area (TPSA) is 121 Å². The van der Waals surface area contributed by atoms with E-state index >= 15 is 0 Å². The van der Waals surface area contributed by atoms with Crippen LogP contribution in [0.1, 0.15) is 82.5 Å². The number of hydrogen-bond donors (Lipinski definition) is 1. The lowest BCUT2D eigenvalue weighted by Gasteiger charge is -2.16. The van der Waals surface area contributed by atoms with Crippen LogP contribution in [-0.4, -0.2) is 45.5 Å². The van der Waals surface area contributed by atoms with Gasteiger partial charge in [0.25, 0.3) is 15.9 Å². The Morgan fingerprint density at radius 3 is 2.70 bits per heavy atom. The molecule has 0 saturated heterocycles. The van der Waals surface area contributed by atoms with Crippen molar-refractivity contribution >= 4 is 27.5 Å². The fraction of sp³-hybridized carbons (Fsp3) is 0.571. The van der Waals surface area contributed by atoms with Crippen LogP contribution >= 0.6 is 11.6 Å². The van der Waals surface area contributed by atoms with Gasteiger partial charge in [0.05, 0.1) is 18.4 Å². The first-order valence-electron chi connectivity index (χ1n) is 13.9. The molecule has 1 amide bonds. The second kappa shape index (κ2) is 11.2. The second-order valence-corrected chi connectivity index (χ2v) is 14.3. The summed E-state index contributed by atoms with van der Waals surface area (Å²) in [6, 6.07) is 4.69. The van der Waals surface area contributed by atoms with E-state index in [-0.39, 0.29) is 15.6 Å². The van der Waals surface area contributed by atoms with Gasteiger partial charge in [-0.15, -0.1) is 5.10 Å². The first-order valence-corrected chi connectivity index (χ1v) is 15.7. The van der Waals surface area contributed by atoms with Crippen molar-refractivity contribution in [1.82, 2.24) is 29.3 Å². The molecule has 40 heavy (non-hydrogen) atoms. The molecule has 2 fully saturated rings. The van der Waals surface area contributed by atoms with Crippen LogP contribution in [0.3, 0.4) is 0 Å². The number of nitrogens with one attached hydrogen (secondary N) is 1. The normalized spacial score (nSPS) is 19.4. The molecule has 2 saturated carbocycles. The number of hydrogen-bond acceptors (Lipinski definition) is 7. The predicted octanol–water partition coefficient (Wildman–Crippen LogP) is 5.41. The molecule has 0 aromatic carbocycles. The van der Waals surface area contributed by atoms with Crippen molar-refractivity contribution < 1.29 is 17.9 Å². The van der Waals surface area contributed by atoms with Crippen LogP contribution in [0.2, 0.25) is 5.15 Å². The van der Waals surface area contributed by atoms with Crippen LogP contribution in [0.25, 0.3) is 5.82 Å². The van der Waals surface area contributed by atoms with Gasteiger partial charge in [-0.25, -0.2) is 22.8 Å². The fourth-order valence-corrected chi connectivity index (χ4v) is 6.46. The van der Waals surface area contributed by atoms with E-state index in [0.717, 1.165) is 19.3 Å². The molecule has 2 aliphatic carbocycles. The Morgan fingerprint density at radius 1 is 1.20 bits per heavy atom. The van der Waals surface area contributed by atoms with Crippen molar-refractivity contribution in [3.8, 4) is 11.7 Å². The van der Waals surface area contributed by atoms with E-state index in [1.54, 1.807) is 23.0 Å². The average molecular weight is 589 g/mol. The molecule has 1 N–H and O–H groups in total. The summed E-state index contributed by atoms with van der Waals surface area (Å²) in [5.41, 5.74) is 0.746. The summed E-state index contributed by atoms with van der Waals surface area (Å²) >= 11 is 6.27. The largest absolute Gasteiger partial charge is 0.477 e. The van der Waals surface area contributed by atoms with Gasteiger partial charge in [-0.2, -0.15) is 5.10 Å². The molecular formula is C28H37ClN6O4S. The maximum absolute atomic E-state index is 12.9. The van der Waals surface area contributed by atoms with Gasteiger partial charge in [-0.3, -0.25) is 9.48 Å². The molecule has 12 heteroatoms. The molecule has 10 nitrogen and oxygen atoms in total. The van der Waals surface area contributed by atoms with Gasteiger partial charge in [-0.1, -0.05) is 32.4 Å². The van der Waals surface area contributed by atoms with E-state index in [1.807, 2.05) is 0 Å². The Hall–Kier alpha value is -2.92. The Balaban J connectivity index is 1.15. The highest BCUT2D eigenvalue weighted by Crippen LogP contribution is 2.48. The molecule has 1 unspecified atom stereocenters. The third kappa shape index (κ3) is 7.04. The third-order valence-electron chi connectivity index (χ3n) is 8.15. The third-order valence-corrected chi connectivity index (χ3v) is 9.73. The van der Waals surface area contributed by atoms with Crippen LogP contribution in [0.15, 0.2) is 41.7 Å². The van der Waals surface area contributed by atoms with E-state index in [9.17, 15) is 13.2 Å². The van der Waals surface area contributed by atoms with Crippen molar-refractivity contribution in [2.45, 2.75) is 83.6 Å². The van der Waals surface area contributed by atoms with Gasteiger partial charge in [0.15, 0.2) is 5.82 Å². The van der Waals surface area contributed by atoms with Gasteiger partial charge in [0, 0.05) is 25.0 Å². The standard InChI is InChI=1S/C28H37ClN6O4S/c1-27(2)10-8-20(17-27)5-4-14-34-19-21(18-30-34)40(37,38)33-26(36)22-6-7-23(31-25(22)29)35-15-9-24(32-35)39-16-13-28(3)11-12-28/h6-7,9,15,18-20H,4-5,8,10-14,16-17H2,1-3H3,(H,33,36). The van der Waals surface area contributed by atoms with Crippen molar-refractivity contribution in [2.75, 3.05) is 6.61 Å². The highest BCUT2D eigenvalue weighted by Gasteiger charge is 2.36. The van der Waals surface area contributed by atoms with Crippen molar-refractivity contribution in [2.24, 2.45) is 16.7 Å². The van der Waals surface area contributed by atoms with Crippen LogP contribution in [0.4, 0.5) is 0 Å². The minimum Gasteiger partial charge on any atom is -0.477 e. The zero-order valence-electron chi connectivity index (χ0n) is 23.3. The summed E-state index contributed by atoms with van der Waals surface area (Å²) in [7, 11) is -4.14. The molecule has 3 heterocycles. The number of carbonyl (C=O) groups is 1.